The Hall–Kier alpha value is -1.25. The summed E-state index contributed by atoms with van der Waals surface area (Å²) >= 11 is 0. The third-order valence-corrected chi connectivity index (χ3v) is 3.56. The van der Waals surface area contributed by atoms with Gasteiger partial charge in [0.2, 0.25) is 0 Å². The fourth-order valence-corrected chi connectivity index (χ4v) is 2.53. The van der Waals surface area contributed by atoms with Gasteiger partial charge in [-0.1, -0.05) is 13.8 Å². The molecule has 0 saturated carbocycles. The number of aryl methyl sites for hydroxylation is 1. The van der Waals surface area contributed by atoms with Gasteiger partial charge < -0.3 is 10.3 Å². The largest absolute Gasteiger partial charge is 0.394 e. The number of nitrogen functional groups attached to an aromatic ring is 1. The molecule has 0 unspecified atom stereocenters. The van der Waals surface area contributed by atoms with Crippen LogP contribution in [-0.2, 0) is 19.4 Å². The zero-order chi connectivity index (χ0) is 12.4. The van der Waals surface area contributed by atoms with Crippen LogP contribution in [0.4, 0.5) is 5.69 Å². The molecule has 0 amide bonds. The Bertz CT molecular complexity index is 460. The molecule has 0 fully saturated rings. The van der Waals surface area contributed by atoms with Gasteiger partial charge in [-0.3, -0.25) is 4.79 Å². The first-order valence-electron chi connectivity index (χ1n) is 6.60. The Morgan fingerprint density at radius 1 is 1.35 bits per heavy atom. The van der Waals surface area contributed by atoms with Crippen LogP contribution >= 0.6 is 0 Å². The Kier molecular flexibility index (Phi) is 3.55. The molecule has 0 aromatic carbocycles. The lowest BCUT2D eigenvalue weighted by molar-refractivity contribution is 0.485. The van der Waals surface area contributed by atoms with Gasteiger partial charge in [-0.2, -0.15) is 0 Å². The SMILES string of the molecule is CC(C)CCn1c2c(cc(N)c1=O)CCCC2. The van der Waals surface area contributed by atoms with Crippen molar-refractivity contribution in [3.8, 4) is 0 Å². The quantitative estimate of drug-likeness (QED) is 0.872. The Labute approximate surface area is 103 Å². The van der Waals surface area contributed by atoms with Crippen LogP contribution in [-0.4, -0.2) is 4.57 Å². The summed E-state index contributed by atoms with van der Waals surface area (Å²) in [6.45, 7) is 5.18. The van der Waals surface area contributed by atoms with Crippen LogP contribution in [0.5, 0.6) is 0 Å². The van der Waals surface area contributed by atoms with E-state index >= 15 is 0 Å². The molecule has 1 aromatic heterocycles. The Morgan fingerprint density at radius 3 is 2.76 bits per heavy atom. The lowest BCUT2D eigenvalue weighted by Crippen LogP contribution is -2.29. The van der Waals surface area contributed by atoms with Crippen molar-refractivity contribution in [3.63, 3.8) is 0 Å². The number of anilines is 1. The smallest absolute Gasteiger partial charge is 0.273 e. The minimum absolute atomic E-state index is 0.00583. The lowest BCUT2D eigenvalue weighted by atomic mass is 9.95. The summed E-state index contributed by atoms with van der Waals surface area (Å²) in [7, 11) is 0. The molecule has 0 aliphatic heterocycles. The summed E-state index contributed by atoms with van der Waals surface area (Å²) in [6, 6.07) is 1.89. The molecule has 3 nitrogen and oxygen atoms in total. The van der Waals surface area contributed by atoms with Crippen LogP contribution in [0.15, 0.2) is 10.9 Å². The molecule has 0 bridgehead atoms. The van der Waals surface area contributed by atoms with Gasteiger partial charge in [0.1, 0.15) is 0 Å². The van der Waals surface area contributed by atoms with Crippen LogP contribution in [0.25, 0.3) is 0 Å². The maximum atomic E-state index is 12.1. The number of hydrogen-bond acceptors (Lipinski definition) is 2. The van der Waals surface area contributed by atoms with E-state index in [0.717, 1.165) is 25.8 Å². The summed E-state index contributed by atoms with van der Waals surface area (Å²) in [5, 5.41) is 0. The monoisotopic (exact) mass is 234 g/mol. The third kappa shape index (κ3) is 2.54. The first kappa shape index (κ1) is 12.2. The molecule has 2 N–H and O–H groups in total. The van der Waals surface area contributed by atoms with Crippen LogP contribution in [0.1, 0.15) is 44.4 Å². The number of fused-ring (bicyclic) bond motifs is 1. The maximum Gasteiger partial charge on any atom is 0.273 e. The van der Waals surface area contributed by atoms with Gasteiger partial charge in [0.25, 0.3) is 5.56 Å². The molecule has 1 heterocycles. The second-order valence-electron chi connectivity index (χ2n) is 5.42. The van der Waals surface area contributed by atoms with Crippen molar-refractivity contribution in [2.75, 3.05) is 5.73 Å². The van der Waals surface area contributed by atoms with Crippen molar-refractivity contribution in [2.45, 2.75) is 52.5 Å². The van der Waals surface area contributed by atoms with Gasteiger partial charge in [-0.15, -0.1) is 0 Å². The van der Waals surface area contributed by atoms with Gasteiger partial charge in [-0.05, 0) is 49.7 Å². The van der Waals surface area contributed by atoms with E-state index in [-0.39, 0.29) is 5.56 Å². The second-order valence-corrected chi connectivity index (χ2v) is 5.42. The van der Waals surface area contributed by atoms with E-state index in [9.17, 15) is 4.79 Å². The summed E-state index contributed by atoms with van der Waals surface area (Å²) in [6.07, 6.45) is 5.55. The van der Waals surface area contributed by atoms with Crippen LogP contribution in [0.3, 0.4) is 0 Å². The average molecular weight is 234 g/mol. The predicted molar refractivity (Wildman–Crippen MR) is 71.2 cm³/mol. The van der Waals surface area contributed by atoms with E-state index in [0.29, 0.717) is 11.6 Å². The minimum Gasteiger partial charge on any atom is -0.394 e. The van der Waals surface area contributed by atoms with Crippen molar-refractivity contribution in [2.24, 2.45) is 5.92 Å². The highest BCUT2D eigenvalue weighted by Crippen LogP contribution is 2.21. The average Bonchev–Trinajstić information content (AvgIpc) is 2.29. The molecule has 0 spiro atoms. The van der Waals surface area contributed by atoms with E-state index in [1.807, 2.05) is 10.6 Å². The number of nitrogens with two attached hydrogens (primary N) is 1. The molecule has 0 atom stereocenters. The topological polar surface area (TPSA) is 48.0 Å². The summed E-state index contributed by atoms with van der Waals surface area (Å²) in [4.78, 5) is 12.1. The highest BCUT2D eigenvalue weighted by Gasteiger charge is 2.16. The van der Waals surface area contributed by atoms with Crippen molar-refractivity contribution in [1.82, 2.24) is 4.57 Å². The summed E-state index contributed by atoms with van der Waals surface area (Å²) in [5.41, 5.74) is 8.76. The molecular formula is C14H22N2O. The second kappa shape index (κ2) is 4.94. The standard InChI is InChI=1S/C14H22N2O/c1-10(2)7-8-16-13-6-4-3-5-11(13)9-12(15)14(16)17/h9-10H,3-8,15H2,1-2H3. The molecule has 17 heavy (non-hydrogen) atoms. The predicted octanol–water partition coefficient (Wildman–Crippen LogP) is 2.36. The van der Waals surface area contributed by atoms with Crippen LogP contribution in [0, 0.1) is 5.92 Å². The molecule has 3 heteroatoms. The van der Waals surface area contributed by atoms with Gasteiger partial charge in [0.05, 0.1) is 5.69 Å². The maximum absolute atomic E-state index is 12.1. The van der Waals surface area contributed by atoms with E-state index in [4.69, 9.17) is 5.73 Å². The number of hydrogen-bond donors (Lipinski definition) is 1. The van der Waals surface area contributed by atoms with Crippen molar-refractivity contribution in [3.05, 3.63) is 27.7 Å². The number of rotatable bonds is 3. The van der Waals surface area contributed by atoms with E-state index < -0.39 is 0 Å². The number of nitrogens with zero attached hydrogens (tertiary/aromatic N) is 1. The van der Waals surface area contributed by atoms with E-state index in [1.54, 1.807) is 0 Å². The summed E-state index contributed by atoms with van der Waals surface area (Å²) in [5.74, 6) is 0.613. The first-order chi connectivity index (χ1) is 8.09. The number of pyridine rings is 1. The molecule has 94 valence electrons. The number of aromatic nitrogens is 1. The molecule has 0 saturated heterocycles. The first-order valence-corrected chi connectivity index (χ1v) is 6.60. The zero-order valence-electron chi connectivity index (χ0n) is 10.8. The van der Waals surface area contributed by atoms with Gasteiger partial charge in [0.15, 0.2) is 0 Å². The van der Waals surface area contributed by atoms with Crippen molar-refractivity contribution in [1.29, 1.82) is 0 Å². The highest BCUT2D eigenvalue weighted by molar-refractivity contribution is 5.42. The zero-order valence-corrected chi connectivity index (χ0v) is 10.8. The molecule has 1 aromatic rings. The van der Waals surface area contributed by atoms with Gasteiger partial charge >= 0.3 is 0 Å². The molecule has 1 aliphatic carbocycles. The lowest BCUT2D eigenvalue weighted by Gasteiger charge is -2.22. The molecule has 2 rings (SSSR count). The Balaban J connectivity index is 2.40. The fraction of sp³-hybridized carbons (Fsp3) is 0.643. The molecular weight excluding hydrogens is 212 g/mol. The third-order valence-electron chi connectivity index (χ3n) is 3.56. The summed E-state index contributed by atoms with van der Waals surface area (Å²) < 4.78 is 1.92. The normalized spacial score (nSPS) is 15.0. The Morgan fingerprint density at radius 2 is 2.06 bits per heavy atom. The van der Waals surface area contributed by atoms with E-state index in [1.165, 1.54) is 24.1 Å². The highest BCUT2D eigenvalue weighted by atomic mass is 16.1. The van der Waals surface area contributed by atoms with E-state index in [2.05, 4.69) is 13.8 Å². The van der Waals surface area contributed by atoms with Gasteiger partial charge in [0, 0.05) is 12.2 Å². The van der Waals surface area contributed by atoms with Crippen molar-refractivity contribution >= 4 is 5.69 Å². The fourth-order valence-electron chi connectivity index (χ4n) is 2.53. The molecule has 1 aliphatic rings. The van der Waals surface area contributed by atoms with Crippen molar-refractivity contribution < 1.29 is 0 Å². The van der Waals surface area contributed by atoms with Gasteiger partial charge in [-0.25, -0.2) is 0 Å². The van der Waals surface area contributed by atoms with Crippen LogP contribution in [0.2, 0.25) is 0 Å². The minimum atomic E-state index is 0.00583. The molecule has 0 radical (unpaired) electrons. The van der Waals surface area contributed by atoms with Crippen LogP contribution < -0.4 is 11.3 Å².